The average molecular weight is 279 g/mol. The number of nitrogens with zero attached hydrogens (tertiary/aromatic N) is 1. The van der Waals surface area contributed by atoms with Crippen molar-refractivity contribution in [3.63, 3.8) is 0 Å². The first kappa shape index (κ1) is 12.6. The SMILES string of the molecule is O=C(O)c1ccc2c(c1)C1Cc3ccccc3CN1CC2. The largest absolute Gasteiger partial charge is 0.478 e. The van der Waals surface area contributed by atoms with Gasteiger partial charge in [-0.15, -0.1) is 0 Å². The Morgan fingerprint density at radius 3 is 2.71 bits per heavy atom. The van der Waals surface area contributed by atoms with Crippen molar-refractivity contribution in [3.8, 4) is 0 Å². The summed E-state index contributed by atoms with van der Waals surface area (Å²) < 4.78 is 0. The van der Waals surface area contributed by atoms with Crippen molar-refractivity contribution in [2.24, 2.45) is 0 Å². The van der Waals surface area contributed by atoms with Crippen molar-refractivity contribution in [1.29, 1.82) is 0 Å². The van der Waals surface area contributed by atoms with Crippen LogP contribution in [0.1, 0.15) is 38.7 Å². The summed E-state index contributed by atoms with van der Waals surface area (Å²) in [5, 5.41) is 9.23. The monoisotopic (exact) mass is 279 g/mol. The minimum absolute atomic E-state index is 0.322. The van der Waals surface area contributed by atoms with Crippen LogP contribution in [0.4, 0.5) is 0 Å². The minimum Gasteiger partial charge on any atom is -0.478 e. The lowest BCUT2D eigenvalue weighted by atomic mass is 9.83. The first-order valence-electron chi connectivity index (χ1n) is 7.39. The summed E-state index contributed by atoms with van der Waals surface area (Å²) in [5.41, 5.74) is 5.71. The second kappa shape index (κ2) is 4.71. The first-order chi connectivity index (χ1) is 10.2. The third kappa shape index (κ3) is 2.05. The van der Waals surface area contributed by atoms with Gasteiger partial charge in [0.15, 0.2) is 0 Å². The van der Waals surface area contributed by atoms with E-state index in [9.17, 15) is 9.90 Å². The summed E-state index contributed by atoms with van der Waals surface area (Å²) >= 11 is 0. The zero-order chi connectivity index (χ0) is 14.4. The smallest absolute Gasteiger partial charge is 0.335 e. The van der Waals surface area contributed by atoms with Crippen LogP contribution in [0.25, 0.3) is 0 Å². The number of rotatable bonds is 1. The lowest BCUT2D eigenvalue weighted by Gasteiger charge is -2.41. The van der Waals surface area contributed by atoms with Crippen LogP contribution < -0.4 is 0 Å². The van der Waals surface area contributed by atoms with Gasteiger partial charge < -0.3 is 5.11 Å². The van der Waals surface area contributed by atoms with Crippen LogP contribution in [-0.4, -0.2) is 22.5 Å². The Morgan fingerprint density at radius 1 is 1.10 bits per heavy atom. The van der Waals surface area contributed by atoms with Crippen LogP contribution in [0.5, 0.6) is 0 Å². The Morgan fingerprint density at radius 2 is 1.90 bits per heavy atom. The molecule has 1 atom stereocenters. The molecule has 2 heterocycles. The van der Waals surface area contributed by atoms with E-state index >= 15 is 0 Å². The molecule has 0 aromatic heterocycles. The highest BCUT2D eigenvalue weighted by molar-refractivity contribution is 5.88. The van der Waals surface area contributed by atoms with E-state index in [-0.39, 0.29) is 0 Å². The van der Waals surface area contributed by atoms with Crippen molar-refractivity contribution < 1.29 is 9.90 Å². The van der Waals surface area contributed by atoms with Gasteiger partial charge in [0.25, 0.3) is 0 Å². The lowest BCUT2D eigenvalue weighted by molar-refractivity contribution is 0.0696. The summed E-state index contributed by atoms with van der Waals surface area (Å²) in [6.45, 7) is 2.02. The van der Waals surface area contributed by atoms with E-state index in [0.29, 0.717) is 11.6 Å². The van der Waals surface area contributed by atoms with Gasteiger partial charge in [-0.25, -0.2) is 4.79 Å². The second-order valence-electron chi connectivity index (χ2n) is 5.93. The van der Waals surface area contributed by atoms with E-state index in [1.807, 2.05) is 12.1 Å². The van der Waals surface area contributed by atoms with E-state index < -0.39 is 5.97 Å². The molecule has 0 spiro atoms. The molecule has 0 radical (unpaired) electrons. The number of carboxylic acids is 1. The Hall–Kier alpha value is -2.13. The van der Waals surface area contributed by atoms with Crippen LogP contribution in [0.2, 0.25) is 0 Å². The van der Waals surface area contributed by atoms with E-state index in [2.05, 4.69) is 29.2 Å². The fraction of sp³-hybridized carbons (Fsp3) is 0.278. The molecule has 1 unspecified atom stereocenters. The predicted molar refractivity (Wildman–Crippen MR) is 80.4 cm³/mol. The number of benzene rings is 2. The number of fused-ring (bicyclic) bond motifs is 4. The molecule has 3 nitrogen and oxygen atoms in total. The van der Waals surface area contributed by atoms with Crippen LogP contribution in [-0.2, 0) is 19.4 Å². The van der Waals surface area contributed by atoms with Crippen LogP contribution in [0.15, 0.2) is 42.5 Å². The topological polar surface area (TPSA) is 40.5 Å². The maximum absolute atomic E-state index is 11.2. The van der Waals surface area contributed by atoms with Gasteiger partial charge in [-0.1, -0.05) is 30.3 Å². The molecule has 106 valence electrons. The van der Waals surface area contributed by atoms with Crippen molar-refractivity contribution in [1.82, 2.24) is 4.90 Å². The highest BCUT2D eigenvalue weighted by Gasteiger charge is 2.32. The van der Waals surface area contributed by atoms with Crippen molar-refractivity contribution in [3.05, 3.63) is 70.3 Å². The van der Waals surface area contributed by atoms with Crippen molar-refractivity contribution in [2.45, 2.75) is 25.4 Å². The summed E-state index contributed by atoms with van der Waals surface area (Å²) in [4.78, 5) is 13.7. The molecule has 0 saturated heterocycles. The van der Waals surface area contributed by atoms with Gasteiger partial charge in [-0.05, 0) is 47.2 Å². The number of hydrogen-bond acceptors (Lipinski definition) is 2. The molecule has 2 aliphatic rings. The predicted octanol–water partition coefficient (Wildman–Crippen LogP) is 3.04. The molecule has 2 aromatic rings. The average Bonchev–Trinajstić information content (AvgIpc) is 2.52. The molecule has 21 heavy (non-hydrogen) atoms. The standard InChI is InChI=1S/C18H17NO2/c20-18(21)14-6-5-12-7-8-19-11-15-4-2-1-3-13(15)10-17(19)16(12)9-14/h1-6,9,17H,7-8,10-11H2,(H,20,21). The molecule has 1 N–H and O–H groups in total. The van der Waals surface area contributed by atoms with E-state index in [1.54, 1.807) is 6.07 Å². The first-order valence-corrected chi connectivity index (χ1v) is 7.39. The van der Waals surface area contributed by atoms with Gasteiger partial charge in [0.2, 0.25) is 0 Å². The molecule has 0 saturated carbocycles. The highest BCUT2D eigenvalue weighted by Crippen LogP contribution is 2.38. The fourth-order valence-corrected chi connectivity index (χ4v) is 3.65. The molecule has 0 bridgehead atoms. The van der Waals surface area contributed by atoms with Crippen LogP contribution in [0, 0.1) is 0 Å². The van der Waals surface area contributed by atoms with Crippen LogP contribution in [0.3, 0.4) is 0 Å². The maximum Gasteiger partial charge on any atom is 0.335 e. The van der Waals surface area contributed by atoms with Gasteiger partial charge >= 0.3 is 5.97 Å². The third-order valence-electron chi connectivity index (χ3n) is 4.77. The fourth-order valence-electron chi connectivity index (χ4n) is 3.65. The summed E-state index contributed by atoms with van der Waals surface area (Å²) in [7, 11) is 0. The van der Waals surface area contributed by atoms with Gasteiger partial charge in [0.1, 0.15) is 0 Å². The summed E-state index contributed by atoms with van der Waals surface area (Å²) in [6, 6.07) is 14.5. The van der Waals surface area contributed by atoms with Gasteiger partial charge in [0, 0.05) is 19.1 Å². The molecule has 2 aliphatic heterocycles. The molecular weight excluding hydrogens is 262 g/mol. The highest BCUT2D eigenvalue weighted by atomic mass is 16.4. The molecule has 4 rings (SSSR count). The van der Waals surface area contributed by atoms with Crippen molar-refractivity contribution in [2.75, 3.05) is 6.54 Å². The molecule has 3 heteroatoms. The molecule has 0 fully saturated rings. The molecule has 0 aliphatic carbocycles. The third-order valence-corrected chi connectivity index (χ3v) is 4.77. The van der Waals surface area contributed by atoms with Gasteiger partial charge in [-0.3, -0.25) is 4.90 Å². The number of hydrogen-bond donors (Lipinski definition) is 1. The molecule has 2 aromatic carbocycles. The van der Waals surface area contributed by atoms with Gasteiger partial charge in [0.05, 0.1) is 5.56 Å². The molecule has 0 amide bonds. The van der Waals surface area contributed by atoms with Crippen molar-refractivity contribution >= 4 is 5.97 Å². The molecular formula is C18H17NO2. The quantitative estimate of drug-likeness (QED) is 0.872. The minimum atomic E-state index is -0.842. The Labute approximate surface area is 123 Å². The Balaban J connectivity index is 1.78. The second-order valence-corrected chi connectivity index (χ2v) is 5.93. The van der Waals surface area contributed by atoms with E-state index in [0.717, 1.165) is 25.9 Å². The lowest BCUT2D eigenvalue weighted by Crippen LogP contribution is -2.39. The maximum atomic E-state index is 11.2. The number of carbonyl (C=O) groups is 1. The number of carboxylic acid groups (broad SMARTS) is 1. The Bertz CT molecular complexity index is 723. The summed E-state index contributed by atoms with van der Waals surface area (Å²) in [5.74, 6) is -0.842. The zero-order valence-electron chi connectivity index (χ0n) is 11.7. The summed E-state index contributed by atoms with van der Waals surface area (Å²) in [6.07, 6.45) is 1.99. The van der Waals surface area contributed by atoms with E-state index in [1.165, 1.54) is 22.3 Å². The van der Waals surface area contributed by atoms with Gasteiger partial charge in [-0.2, -0.15) is 0 Å². The normalized spacial score (nSPS) is 20.3. The van der Waals surface area contributed by atoms with E-state index in [4.69, 9.17) is 0 Å². The Kier molecular flexibility index (Phi) is 2.82. The zero-order valence-corrected chi connectivity index (χ0v) is 11.7. The number of aromatic carboxylic acids is 1. The van der Waals surface area contributed by atoms with Crippen LogP contribution >= 0.6 is 0 Å².